The van der Waals surface area contributed by atoms with Gasteiger partial charge in [-0.3, -0.25) is 0 Å². The van der Waals surface area contributed by atoms with Crippen LogP contribution in [0, 0.1) is 5.92 Å². The molecule has 1 aliphatic carbocycles. The summed E-state index contributed by atoms with van der Waals surface area (Å²) in [6.07, 6.45) is 5.70. The molecule has 2 N–H and O–H groups in total. The van der Waals surface area contributed by atoms with Gasteiger partial charge in [-0.1, -0.05) is 19.8 Å². The van der Waals surface area contributed by atoms with Crippen LogP contribution in [-0.4, -0.2) is 26.0 Å². The maximum absolute atomic E-state index is 12.5. The van der Waals surface area contributed by atoms with E-state index >= 15 is 0 Å². The molecule has 1 saturated carbocycles. The number of aromatic nitrogens is 1. The highest BCUT2D eigenvalue weighted by Crippen LogP contribution is 2.34. The molecule has 1 unspecified atom stereocenters. The molecule has 1 heterocycles. The summed E-state index contributed by atoms with van der Waals surface area (Å²) < 4.78 is 27.8. The van der Waals surface area contributed by atoms with Crippen LogP contribution >= 0.6 is 0 Å². The van der Waals surface area contributed by atoms with Crippen LogP contribution in [0.25, 0.3) is 0 Å². The van der Waals surface area contributed by atoms with Gasteiger partial charge in [-0.05, 0) is 37.8 Å². The van der Waals surface area contributed by atoms with Crippen molar-refractivity contribution in [1.29, 1.82) is 0 Å². The summed E-state index contributed by atoms with van der Waals surface area (Å²) in [5.74, 6) is 0.694. The molecule has 1 fully saturated rings. The van der Waals surface area contributed by atoms with Gasteiger partial charge < -0.3 is 5.32 Å². The zero-order valence-corrected chi connectivity index (χ0v) is 12.9. The fraction of sp³-hybridized carbons (Fsp3) is 0.643. The number of anilines is 1. The second-order valence-corrected chi connectivity index (χ2v) is 6.92. The number of hydrogen-bond donors (Lipinski definition) is 2. The van der Waals surface area contributed by atoms with Gasteiger partial charge in [0.1, 0.15) is 0 Å². The molecule has 0 aliphatic heterocycles. The van der Waals surface area contributed by atoms with Crippen molar-refractivity contribution >= 4 is 15.7 Å². The highest BCUT2D eigenvalue weighted by atomic mass is 32.2. The minimum atomic E-state index is -3.57. The summed E-state index contributed by atoms with van der Waals surface area (Å²) in [4.78, 5) is 4.04. The Labute approximate surface area is 121 Å². The van der Waals surface area contributed by atoms with E-state index < -0.39 is 10.0 Å². The topological polar surface area (TPSA) is 71.1 Å². The first kappa shape index (κ1) is 15.3. The SMILES string of the molecule is CCNc1cccnc1S(=O)(=O)NC(CC)CC1CC1. The molecule has 0 aromatic carbocycles. The van der Waals surface area contributed by atoms with Crippen molar-refractivity contribution in [3.63, 3.8) is 0 Å². The Morgan fingerprint density at radius 2 is 2.15 bits per heavy atom. The van der Waals surface area contributed by atoms with Gasteiger partial charge in [-0.25, -0.2) is 18.1 Å². The molecule has 0 spiro atoms. The largest absolute Gasteiger partial charge is 0.383 e. The first-order chi connectivity index (χ1) is 9.56. The van der Waals surface area contributed by atoms with Crippen LogP contribution in [0.5, 0.6) is 0 Å². The van der Waals surface area contributed by atoms with E-state index in [-0.39, 0.29) is 11.1 Å². The second kappa shape index (κ2) is 6.54. The van der Waals surface area contributed by atoms with E-state index in [1.165, 1.54) is 19.0 Å². The molecule has 1 aromatic rings. The summed E-state index contributed by atoms with van der Waals surface area (Å²) in [5, 5.41) is 3.14. The Hall–Kier alpha value is -1.14. The van der Waals surface area contributed by atoms with Crippen molar-refractivity contribution in [2.24, 2.45) is 5.92 Å². The van der Waals surface area contributed by atoms with Crippen LogP contribution in [0.1, 0.15) is 39.5 Å². The molecule has 20 heavy (non-hydrogen) atoms. The quantitative estimate of drug-likeness (QED) is 0.773. The molecule has 0 radical (unpaired) electrons. The molecule has 1 aliphatic rings. The lowest BCUT2D eigenvalue weighted by Gasteiger charge is -2.17. The molecule has 1 aromatic heterocycles. The molecule has 112 valence electrons. The zero-order valence-electron chi connectivity index (χ0n) is 12.1. The van der Waals surface area contributed by atoms with Crippen molar-refractivity contribution in [2.75, 3.05) is 11.9 Å². The van der Waals surface area contributed by atoms with Crippen molar-refractivity contribution in [3.05, 3.63) is 18.3 Å². The van der Waals surface area contributed by atoms with Crippen LogP contribution in [0.2, 0.25) is 0 Å². The Bertz CT molecular complexity index is 541. The smallest absolute Gasteiger partial charge is 0.260 e. The Balaban J connectivity index is 2.15. The fourth-order valence-electron chi connectivity index (χ4n) is 2.26. The molecular weight excluding hydrogens is 274 g/mol. The van der Waals surface area contributed by atoms with Gasteiger partial charge in [0.05, 0.1) is 5.69 Å². The predicted octanol–water partition coefficient (Wildman–Crippen LogP) is 2.37. The first-order valence-corrected chi connectivity index (χ1v) is 8.76. The Morgan fingerprint density at radius 1 is 1.40 bits per heavy atom. The summed E-state index contributed by atoms with van der Waals surface area (Å²) in [7, 11) is -3.57. The van der Waals surface area contributed by atoms with Gasteiger partial charge in [0.2, 0.25) is 0 Å². The van der Waals surface area contributed by atoms with Crippen molar-refractivity contribution in [2.45, 2.75) is 50.6 Å². The summed E-state index contributed by atoms with van der Waals surface area (Å²) in [6.45, 7) is 4.60. The van der Waals surface area contributed by atoms with Gasteiger partial charge in [-0.2, -0.15) is 0 Å². The highest BCUT2D eigenvalue weighted by Gasteiger charge is 2.29. The number of rotatable bonds is 8. The number of nitrogens with one attached hydrogen (secondary N) is 2. The maximum atomic E-state index is 12.5. The molecule has 1 atom stereocenters. The third-order valence-electron chi connectivity index (χ3n) is 3.52. The Kier molecular flexibility index (Phi) is 4.99. The van der Waals surface area contributed by atoms with Crippen LogP contribution in [0.3, 0.4) is 0 Å². The van der Waals surface area contributed by atoms with Crippen molar-refractivity contribution in [3.8, 4) is 0 Å². The third-order valence-corrected chi connectivity index (χ3v) is 5.00. The number of nitrogens with zero attached hydrogens (tertiary/aromatic N) is 1. The molecule has 0 amide bonds. The molecule has 0 bridgehead atoms. The minimum Gasteiger partial charge on any atom is -0.383 e. The highest BCUT2D eigenvalue weighted by molar-refractivity contribution is 7.89. The average Bonchev–Trinajstić information content (AvgIpc) is 3.22. The standard InChI is InChI=1S/C14H23N3O2S/c1-3-12(10-11-7-8-11)17-20(18,19)14-13(15-4-2)6-5-9-16-14/h5-6,9,11-12,15,17H,3-4,7-8,10H2,1-2H3. The van der Waals surface area contributed by atoms with Gasteiger partial charge >= 0.3 is 0 Å². The summed E-state index contributed by atoms with van der Waals surface area (Å²) in [5.41, 5.74) is 0.559. The van der Waals surface area contributed by atoms with Crippen molar-refractivity contribution < 1.29 is 8.42 Å². The number of pyridine rings is 1. The average molecular weight is 297 g/mol. The maximum Gasteiger partial charge on any atom is 0.260 e. The van der Waals surface area contributed by atoms with E-state index in [1.54, 1.807) is 12.1 Å². The van der Waals surface area contributed by atoms with E-state index in [0.29, 0.717) is 18.2 Å². The lowest BCUT2D eigenvalue weighted by atomic mass is 10.1. The third kappa shape index (κ3) is 3.93. The monoisotopic (exact) mass is 297 g/mol. The number of sulfonamides is 1. The molecule has 0 saturated heterocycles. The lowest BCUT2D eigenvalue weighted by Crippen LogP contribution is -2.35. The fourth-order valence-corrected chi connectivity index (χ4v) is 3.70. The van der Waals surface area contributed by atoms with E-state index in [1.807, 2.05) is 13.8 Å². The first-order valence-electron chi connectivity index (χ1n) is 7.28. The van der Waals surface area contributed by atoms with Gasteiger partial charge in [-0.15, -0.1) is 0 Å². The van der Waals surface area contributed by atoms with Gasteiger partial charge in [0, 0.05) is 18.8 Å². The zero-order chi connectivity index (χ0) is 14.6. The second-order valence-electron chi connectivity index (χ2n) is 5.29. The minimum absolute atomic E-state index is 0.00369. The summed E-state index contributed by atoms with van der Waals surface area (Å²) >= 11 is 0. The number of hydrogen-bond acceptors (Lipinski definition) is 4. The van der Waals surface area contributed by atoms with Crippen LogP contribution in [-0.2, 0) is 10.0 Å². The normalized spacial score (nSPS) is 16.9. The van der Waals surface area contributed by atoms with E-state index in [4.69, 9.17) is 0 Å². The van der Waals surface area contributed by atoms with Crippen LogP contribution in [0.15, 0.2) is 23.4 Å². The molecule has 2 rings (SSSR count). The van der Waals surface area contributed by atoms with Crippen LogP contribution < -0.4 is 10.0 Å². The predicted molar refractivity (Wildman–Crippen MR) is 80.1 cm³/mol. The van der Waals surface area contributed by atoms with Crippen LogP contribution in [0.4, 0.5) is 5.69 Å². The lowest BCUT2D eigenvalue weighted by molar-refractivity contribution is 0.494. The van der Waals surface area contributed by atoms with Gasteiger partial charge in [0.15, 0.2) is 5.03 Å². The van der Waals surface area contributed by atoms with Crippen molar-refractivity contribution in [1.82, 2.24) is 9.71 Å². The Morgan fingerprint density at radius 3 is 2.75 bits per heavy atom. The molecule has 5 nitrogen and oxygen atoms in total. The van der Waals surface area contributed by atoms with E-state index in [0.717, 1.165) is 12.8 Å². The molecule has 6 heteroatoms. The van der Waals surface area contributed by atoms with E-state index in [2.05, 4.69) is 15.0 Å². The molecular formula is C14H23N3O2S. The summed E-state index contributed by atoms with van der Waals surface area (Å²) in [6, 6.07) is 3.48. The van der Waals surface area contributed by atoms with Gasteiger partial charge in [0.25, 0.3) is 10.0 Å². The van der Waals surface area contributed by atoms with E-state index in [9.17, 15) is 8.42 Å².